The third-order valence-electron chi connectivity index (χ3n) is 4.45. The quantitative estimate of drug-likeness (QED) is 0.919. The van der Waals surface area contributed by atoms with Gasteiger partial charge in [-0.1, -0.05) is 23.4 Å². The van der Waals surface area contributed by atoms with Crippen molar-refractivity contribution in [3.8, 4) is 5.75 Å². The average Bonchev–Trinajstić information content (AvgIpc) is 2.95. The molecule has 1 aromatic carbocycles. The molecule has 0 amide bonds. The molecule has 2 aromatic rings. The monoisotopic (exact) mass is 316 g/mol. The van der Waals surface area contributed by atoms with E-state index in [1.165, 1.54) is 0 Å². The zero-order valence-corrected chi connectivity index (χ0v) is 13.7. The van der Waals surface area contributed by atoms with Crippen molar-refractivity contribution < 1.29 is 14.4 Å². The van der Waals surface area contributed by atoms with Crippen LogP contribution in [0.25, 0.3) is 0 Å². The van der Waals surface area contributed by atoms with Crippen LogP contribution in [-0.2, 0) is 6.54 Å². The van der Waals surface area contributed by atoms with E-state index >= 15 is 0 Å². The standard InChI is InChI=1S/C18H24N2O3/c1-13-11-14(19-23-13)12-20(2)16-9-6-10-17(18(16)21)22-15-7-4-3-5-8-15/h3-5,7-8,11,16-18,21H,6,9-10,12H2,1-2H3/t16-,17+,18+/m1/s1. The molecule has 1 aliphatic rings. The number of aliphatic hydroxyl groups excluding tert-OH is 1. The molecule has 0 radical (unpaired) electrons. The highest BCUT2D eigenvalue weighted by molar-refractivity contribution is 5.21. The highest BCUT2D eigenvalue weighted by Gasteiger charge is 2.35. The lowest BCUT2D eigenvalue weighted by Crippen LogP contribution is -2.51. The predicted molar refractivity (Wildman–Crippen MR) is 87.2 cm³/mol. The number of aliphatic hydroxyl groups is 1. The van der Waals surface area contributed by atoms with Crippen LogP contribution >= 0.6 is 0 Å². The molecular weight excluding hydrogens is 292 g/mol. The van der Waals surface area contributed by atoms with Gasteiger partial charge in [0.2, 0.25) is 0 Å². The Labute approximate surface area is 136 Å². The zero-order valence-electron chi connectivity index (χ0n) is 13.7. The maximum absolute atomic E-state index is 10.7. The van der Waals surface area contributed by atoms with Gasteiger partial charge in [0.1, 0.15) is 23.7 Å². The molecule has 1 heterocycles. The molecule has 5 nitrogen and oxygen atoms in total. The molecule has 3 rings (SSSR count). The third kappa shape index (κ3) is 3.92. The molecule has 3 atom stereocenters. The van der Waals surface area contributed by atoms with Crippen LogP contribution in [0.15, 0.2) is 40.9 Å². The predicted octanol–water partition coefficient (Wildman–Crippen LogP) is 2.78. The molecule has 23 heavy (non-hydrogen) atoms. The first-order valence-electron chi connectivity index (χ1n) is 8.15. The number of ether oxygens (including phenoxy) is 1. The van der Waals surface area contributed by atoms with Gasteiger partial charge in [-0.15, -0.1) is 0 Å². The summed E-state index contributed by atoms with van der Waals surface area (Å²) in [5, 5.41) is 14.8. The van der Waals surface area contributed by atoms with Crippen LogP contribution in [0, 0.1) is 6.92 Å². The largest absolute Gasteiger partial charge is 0.488 e. The van der Waals surface area contributed by atoms with Crippen molar-refractivity contribution in [2.45, 2.75) is 51.0 Å². The van der Waals surface area contributed by atoms with E-state index in [-0.39, 0.29) is 12.1 Å². The first-order valence-corrected chi connectivity index (χ1v) is 8.15. The Bertz CT molecular complexity index is 614. The van der Waals surface area contributed by atoms with Gasteiger partial charge < -0.3 is 14.4 Å². The van der Waals surface area contributed by atoms with Crippen molar-refractivity contribution in [1.29, 1.82) is 0 Å². The number of aryl methyl sites for hydroxylation is 1. The molecule has 0 spiro atoms. The Morgan fingerprint density at radius 1 is 1.30 bits per heavy atom. The minimum absolute atomic E-state index is 0.0643. The van der Waals surface area contributed by atoms with Gasteiger partial charge in [0.25, 0.3) is 0 Å². The fourth-order valence-corrected chi connectivity index (χ4v) is 3.27. The zero-order chi connectivity index (χ0) is 16.2. The van der Waals surface area contributed by atoms with Gasteiger partial charge in [-0.25, -0.2) is 0 Å². The van der Waals surface area contributed by atoms with Gasteiger partial charge in [-0.2, -0.15) is 0 Å². The van der Waals surface area contributed by atoms with E-state index in [1.807, 2.05) is 50.4 Å². The Morgan fingerprint density at radius 3 is 2.78 bits per heavy atom. The minimum atomic E-state index is -0.512. The number of rotatable bonds is 5. The fraction of sp³-hybridized carbons (Fsp3) is 0.500. The van der Waals surface area contributed by atoms with E-state index in [0.717, 1.165) is 36.5 Å². The van der Waals surface area contributed by atoms with Crippen molar-refractivity contribution in [3.63, 3.8) is 0 Å². The molecule has 1 N–H and O–H groups in total. The summed E-state index contributed by atoms with van der Waals surface area (Å²) in [5.74, 6) is 1.62. The molecule has 0 unspecified atom stereocenters. The minimum Gasteiger partial charge on any atom is -0.488 e. The van der Waals surface area contributed by atoms with E-state index in [1.54, 1.807) is 0 Å². The second-order valence-corrected chi connectivity index (χ2v) is 6.30. The maximum Gasteiger partial charge on any atom is 0.133 e. The number of benzene rings is 1. The van der Waals surface area contributed by atoms with Gasteiger partial charge in [0.05, 0.1) is 5.69 Å². The fourth-order valence-electron chi connectivity index (χ4n) is 3.27. The van der Waals surface area contributed by atoms with E-state index < -0.39 is 6.10 Å². The third-order valence-corrected chi connectivity index (χ3v) is 4.45. The summed E-state index contributed by atoms with van der Waals surface area (Å²) in [6, 6.07) is 11.7. The highest BCUT2D eigenvalue weighted by Crippen LogP contribution is 2.27. The van der Waals surface area contributed by atoms with E-state index in [0.29, 0.717) is 6.54 Å². The summed E-state index contributed by atoms with van der Waals surface area (Å²) >= 11 is 0. The van der Waals surface area contributed by atoms with Crippen molar-refractivity contribution >= 4 is 0 Å². The molecular formula is C18H24N2O3. The van der Waals surface area contributed by atoms with Gasteiger partial charge in [-0.3, -0.25) is 4.90 Å². The summed E-state index contributed by atoms with van der Waals surface area (Å²) in [4.78, 5) is 2.14. The number of hydrogen-bond acceptors (Lipinski definition) is 5. The van der Waals surface area contributed by atoms with Crippen molar-refractivity contribution in [1.82, 2.24) is 10.1 Å². The van der Waals surface area contributed by atoms with Gasteiger partial charge >= 0.3 is 0 Å². The number of aromatic nitrogens is 1. The molecule has 0 bridgehead atoms. The average molecular weight is 316 g/mol. The maximum atomic E-state index is 10.7. The van der Waals surface area contributed by atoms with Crippen LogP contribution in [0.1, 0.15) is 30.7 Å². The SMILES string of the molecule is Cc1cc(CN(C)[C@@H]2CCC[C@H](Oc3ccccc3)[C@H]2O)no1. The molecule has 1 fully saturated rings. The smallest absolute Gasteiger partial charge is 0.133 e. The summed E-state index contributed by atoms with van der Waals surface area (Å²) in [6.45, 7) is 2.55. The van der Waals surface area contributed by atoms with Crippen LogP contribution in [0.3, 0.4) is 0 Å². The molecule has 0 aliphatic heterocycles. The molecule has 1 saturated carbocycles. The number of nitrogens with zero attached hydrogens (tertiary/aromatic N) is 2. The first-order chi connectivity index (χ1) is 11.1. The Kier molecular flexibility index (Phi) is 4.98. The Morgan fingerprint density at radius 2 is 2.09 bits per heavy atom. The van der Waals surface area contributed by atoms with Crippen LogP contribution in [0.2, 0.25) is 0 Å². The summed E-state index contributed by atoms with van der Waals surface area (Å²) in [6.07, 6.45) is 2.20. The van der Waals surface area contributed by atoms with Crippen LogP contribution < -0.4 is 4.74 Å². The topological polar surface area (TPSA) is 58.7 Å². The highest BCUT2D eigenvalue weighted by atomic mass is 16.5. The molecule has 0 saturated heterocycles. The lowest BCUT2D eigenvalue weighted by Gasteiger charge is -2.39. The van der Waals surface area contributed by atoms with E-state index in [4.69, 9.17) is 9.26 Å². The first kappa shape index (κ1) is 16.0. The van der Waals surface area contributed by atoms with Crippen LogP contribution in [0.4, 0.5) is 0 Å². The Hall–Kier alpha value is -1.85. The molecule has 5 heteroatoms. The van der Waals surface area contributed by atoms with Crippen LogP contribution in [-0.4, -0.2) is 40.5 Å². The number of hydrogen-bond donors (Lipinski definition) is 1. The van der Waals surface area contributed by atoms with Gasteiger partial charge in [0.15, 0.2) is 0 Å². The Balaban J connectivity index is 1.63. The molecule has 124 valence electrons. The van der Waals surface area contributed by atoms with Gasteiger partial charge in [0, 0.05) is 18.7 Å². The summed E-state index contributed by atoms with van der Waals surface area (Å²) in [5.41, 5.74) is 0.892. The molecule has 1 aliphatic carbocycles. The summed E-state index contributed by atoms with van der Waals surface area (Å²) in [7, 11) is 2.02. The van der Waals surface area contributed by atoms with Crippen molar-refractivity contribution in [2.24, 2.45) is 0 Å². The molecule has 1 aromatic heterocycles. The number of likely N-dealkylation sites (N-methyl/N-ethyl adjacent to an activating group) is 1. The van der Waals surface area contributed by atoms with Gasteiger partial charge in [-0.05, 0) is 45.4 Å². The van der Waals surface area contributed by atoms with E-state index in [2.05, 4.69) is 10.1 Å². The number of para-hydroxylation sites is 1. The second kappa shape index (κ2) is 7.15. The lowest BCUT2D eigenvalue weighted by atomic mass is 9.89. The van der Waals surface area contributed by atoms with Crippen molar-refractivity contribution in [3.05, 3.63) is 47.9 Å². The second-order valence-electron chi connectivity index (χ2n) is 6.30. The normalized spacial score (nSPS) is 24.8. The van der Waals surface area contributed by atoms with Crippen LogP contribution in [0.5, 0.6) is 5.75 Å². The van der Waals surface area contributed by atoms with E-state index in [9.17, 15) is 5.11 Å². The summed E-state index contributed by atoms with van der Waals surface area (Å²) < 4.78 is 11.1. The van der Waals surface area contributed by atoms with Crippen molar-refractivity contribution in [2.75, 3.05) is 7.05 Å². The lowest BCUT2D eigenvalue weighted by molar-refractivity contribution is -0.0495.